The molecule has 1 aliphatic carbocycles. The molecule has 0 saturated heterocycles. The summed E-state index contributed by atoms with van der Waals surface area (Å²) in [4.78, 5) is 23.7. The van der Waals surface area contributed by atoms with Gasteiger partial charge in [0.1, 0.15) is 10.5 Å². The number of hydrogen-bond donors (Lipinski definition) is 0. The molecule has 2 rings (SSSR count). The number of benzene rings is 1. The number of ketones is 2. The molecule has 0 N–H and O–H groups in total. The monoisotopic (exact) mass is 294 g/mol. The van der Waals surface area contributed by atoms with Crippen LogP contribution in [0.4, 0.5) is 0 Å². The zero-order valence-corrected chi connectivity index (χ0v) is 12.4. The molecule has 4 nitrogen and oxygen atoms in total. The van der Waals surface area contributed by atoms with Crippen LogP contribution >= 0.6 is 0 Å². The van der Waals surface area contributed by atoms with Gasteiger partial charge in [-0.2, -0.15) is 0 Å². The van der Waals surface area contributed by atoms with Crippen LogP contribution in [0.25, 0.3) is 0 Å². The molecule has 0 aromatic heterocycles. The topological polar surface area (TPSA) is 68.3 Å². The minimum Gasteiger partial charge on any atom is -0.300 e. The van der Waals surface area contributed by atoms with E-state index in [0.717, 1.165) is 0 Å². The Morgan fingerprint density at radius 2 is 1.90 bits per heavy atom. The molecule has 0 amide bonds. The van der Waals surface area contributed by atoms with Crippen LogP contribution in [0.15, 0.2) is 35.2 Å². The molecule has 1 saturated carbocycles. The Morgan fingerprint density at radius 1 is 1.30 bits per heavy atom. The van der Waals surface area contributed by atoms with Gasteiger partial charge in [-0.1, -0.05) is 18.2 Å². The van der Waals surface area contributed by atoms with Gasteiger partial charge in [0.05, 0.1) is 4.90 Å². The van der Waals surface area contributed by atoms with Crippen molar-refractivity contribution in [2.24, 2.45) is 5.92 Å². The van der Waals surface area contributed by atoms with E-state index in [1.807, 2.05) is 0 Å². The Balaban J connectivity index is 2.51. The Labute approximate surface area is 119 Å². The predicted octanol–water partition coefficient (Wildman–Crippen LogP) is 2.18. The van der Waals surface area contributed by atoms with E-state index < -0.39 is 20.5 Å². The zero-order chi connectivity index (χ0) is 15.0. The van der Waals surface area contributed by atoms with Crippen LogP contribution < -0.4 is 0 Å². The molecule has 2 atom stereocenters. The van der Waals surface area contributed by atoms with Gasteiger partial charge in [-0.05, 0) is 38.3 Å². The van der Waals surface area contributed by atoms with Gasteiger partial charge >= 0.3 is 0 Å². The minimum atomic E-state index is -3.78. The Bertz CT molecular complexity index is 633. The van der Waals surface area contributed by atoms with Crippen molar-refractivity contribution in [3.8, 4) is 0 Å². The normalized spacial score (nSPS) is 26.7. The van der Waals surface area contributed by atoms with Crippen LogP contribution in [0.1, 0.15) is 33.1 Å². The summed E-state index contributed by atoms with van der Waals surface area (Å²) in [5.74, 6) is -0.801. The first-order valence-electron chi connectivity index (χ1n) is 6.62. The van der Waals surface area contributed by atoms with Crippen LogP contribution in [0.2, 0.25) is 0 Å². The molecule has 1 aromatic carbocycles. The highest BCUT2D eigenvalue weighted by molar-refractivity contribution is 7.93. The molecule has 0 bridgehead atoms. The number of Topliss-reactive ketones (excluding diaryl/α,β-unsaturated/α-hetero) is 2. The number of sulfone groups is 1. The van der Waals surface area contributed by atoms with E-state index in [0.29, 0.717) is 6.42 Å². The summed E-state index contributed by atoms with van der Waals surface area (Å²) in [7, 11) is -3.78. The predicted molar refractivity (Wildman–Crippen MR) is 75.1 cm³/mol. The van der Waals surface area contributed by atoms with Gasteiger partial charge in [-0.3, -0.25) is 4.79 Å². The van der Waals surface area contributed by atoms with E-state index >= 15 is 0 Å². The molecular formula is C15H18O4S. The van der Waals surface area contributed by atoms with Gasteiger partial charge < -0.3 is 4.79 Å². The third-order valence-electron chi connectivity index (χ3n) is 4.20. The van der Waals surface area contributed by atoms with Crippen LogP contribution in [-0.2, 0) is 19.4 Å². The minimum absolute atomic E-state index is 0.0841. The molecule has 0 heterocycles. The fourth-order valence-electron chi connectivity index (χ4n) is 2.91. The maximum absolute atomic E-state index is 12.8. The van der Waals surface area contributed by atoms with Gasteiger partial charge in [0.2, 0.25) is 0 Å². The fraction of sp³-hybridized carbons (Fsp3) is 0.467. The lowest BCUT2D eigenvalue weighted by Gasteiger charge is -2.29. The molecule has 0 spiro atoms. The average molecular weight is 294 g/mol. The smallest absolute Gasteiger partial charge is 0.191 e. The fourth-order valence-corrected chi connectivity index (χ4v) is 4.96. The maximum Gasteiger partial charge on any atom is 0.191 e. The van der Waals surface area contributed by atoms with E-state index in [1.165, 1.54) is 26.0 Å². The van der Waals surface area contributed by atoms with Crippen molar-refractivity contribution in [3.63, 3.8) is 0 Å². The zero-order valence-electron chi connectivity index (χ0n) is 11.6. The van der Waals surface area contributed by atoms with Crippen molar-refractivity contribution < 1.29 is 18.0 Å². The second-order valence-electron chi connectivity index (χ2n) is 5.49. The molecule has 1 fully saturated rings. The van der Waals surface area contributed by atoms with Crippen molar-refractivity contribution in [1.29, 1.82) is 0 Å². The van der Waals surface area contributed by atoms with E-state index in [-0.39, 0.29) is 29.3 Å². The molecule has 1 aliphatic rings. The number of hydrogen-bond acceptors (Lipinski definition) is 4. The second-order valence-corrected chi connectivity index (χ2v) is 7.81. The van der Waals surface area contributed by atoms with Gasteiger partial charge in [-0.25, -0.2) is 8.42 Å². The molecule has 1 aromatic rings. The molecule has 20 heavy (non-hydrogen) atoms. The molecule has 5 heteroatoms. The molecule has 0 radical (unpaired) electrons. The summed E-state index contributed by atoms with van der Waals surface area (Å²) in [6, 6.07) is 7.99. The Kier molecular flexibility index (Phi) is 3.82. The summed E-state index contributed by atoms with van der Waals surface area (Å²) >= 11 is 0. The van der Waals surface area contributed by atoms with Crippen LogP contribution in [0.5, 0.6) is 0 Å². The lowest BCUT2D eigenvalue weighted by atomic mass is 9.92. The highest BCUT2D eigenvalue weighted by atomic mass is 32.2. The quantitative estimate of drug-likeness (QED) is 0.853. The third-order valence-corrected chi connectivity index (χ3v) is 6.77. The van der Waals surface area contributed by atoms with Crippen LogP contribution in [-0.4, -0.2) is 24.7 Å². The van der Waals surface area contributed by atoms with Gasteiger partial charge in [-0.15, -0.1) is 0 Å². The molecule has 0 aliphatic heterocycles. The lowest BCUT2D eigenvalue weighted by Crippen LogP contribution is -2.45. The van der Waals surface area contributed by atoms with Gasteiger partial charge in [0.15, 0.2) is 15.6 Å². The number of rotatable bonds is 4. The highest BCUT2D eigenvalue weighted by Crippen LogP contribution is 2.43. The standard InChI is InChI=1S/C15H18O4S/c1-11(16)10-12-8-9-14(17)15(12,2)20(18,19)13-6-4-3-5-7-13/h3-7,12H,8-10H2,1-2H3/t12-,15-/m1/s1. The van der Waals surface area contributed by atoms with E-state index in [1.54, 1.807) is 18.2 Å². The van der Waals surface area contributed by atoms with Crippen molar-refractivity contribution in [2.45, 2.75) is 42.8 Å². The molecule has 108 valence electrons. The van der Waals surface area contributed by atoms with Crippen molar-refractivity contribution >= 4 is 21.4 Å². The van der Waals surface area contributed by atoms with Crippen LogP contribution in [0, 0.1) is 5.92 Å². The number of carbonyl (C=O) groups is 2. The van der Waals surface area contributed by atoms with Crippen molar-refractivity contribution in [3.05, 3.63) is 30.3 Å². The first-order chi connectivity index (χ1) is 9.30. The molecular weight excluding hydrogens is 276 g/mol. The van der Waals surface area contributed by atoms with Gasteiger partial charge in [0, 0.05) is 12.8 Å². The Hall–Kier alpha value is -1.49. The number of carbonyl (C=O) groups excluding carboxylic acids is 2. The van der Waals surface area contributed by atoms with Crippen molar-refractivity contribution in [2.75, 3.05) is 0 Å². The summed E-state index contributed by atoms with van der Waals surface area (Å²) in [5, 5.41) is 0. The average Bonchev–Trinajstić information content (AvgIpc) is 2.69. The summed E-state index contributed by atoms with van der Waals surface area (Å²) in [6.07, 6.45) is 0.815. The van der Waals surface area contributed by atoms with Crippen LogP contribution in [0.3, 0.4) is 0 Å². The maximum atomic E-state index is 12.8. The van der Waals surface area contributed by atoms with E-state index in [4.69, 9.17) is 0 Å². The highest BCUT2D eigenvalue weighted by Gasteiger charge is 2.55. The Morgan fingerprint density at radius 3 is 2.45 bits per heavy atom. The lowest BCUT2D eigenvalue weighted by molar-refractivity contribution is -0.120. The largest absolute Gasteiger partial charge is 0.300 e. The second kappa shape index (κ2) is 5.13. The molecule has 0 unspecified atom stereocenters. The third kappa shape index (κ3) is 2.20. The SMILES string of the molecule is CC(=O)C[C@H]1CCC(=O)[C@]1(C)S(=O)(=O)c1ccccc1. The first kappa shape index (κ1) is 14.9. The summed E-state index contributed by atoms with van der Waals surface area (Å²) in [6.45, 7) is 2.90. The van der Waals surface area contributed by atoms with Crippen molar-refractivity contribution in [1.82, 2.24) is 0 Å². The summed E-state index contributed by atoms with van der Waals surface area (Å²) in [5.41, 5.74) is 0. The van der Waals surface area contributed by atoms with E-state index in [2.05, 4.69) is 0 Å². The van der Waals surface area contributed by atoms with E-state index in [9.17, 15) is 18.0 Å². The first-order valence-corrected chi connectivity index (χ1v) is 8.11. The van der Waals surface area contributed by atoms with Gasteiger partial charge in [0.25, 0.3) is 0 Å². The summed E-state index contributed by atoms with van der Waals surface area (Å²) < 4.78 is 24.2.